The highest BCUT2D eigenvalue weighted by Crippen LogP contribution is 2.40. The topological polar surface area (TPSA) is 60.0 Å². The number of methoxy groups -OCH3 is 1. The highest BCUT2D eigenvalue weighted by atomic mass is 16.6. The van der Waals surface area contributed by atoms with Gasteiger partial charge in [-0.15, -0.1) is 0 Å². The smallest absolute Gasteiger partial charge is 0.248 e. The monoisotopic (exact) mass is 380 g/mol. The minimum absolute atomic E-state index is 0.180. The Balaban J connectivity index is 1.49. The first-order valence-corrected chi connectivity index (χ1v) is 9.55. The maximum absolute atomic E-state index is 12.5. The van der Waals surface area contributed by atoms with Crippen molar-refractivity contribution < 1.29 is 19.0 Å². The fraction of sp³-hybridized carbons (Fsp3) is 0.318. The Morgan fingerprint density at radius 3 is 2.75 bits per heavy atom. The Kier molecular flexibility index (Phi) is 5.37. The van der Waals surface area contributed by atoms with E-state index in [9.17, 15) is 4.79 Å². The van der Waals surface area contributed by atoms with Crippen molar-refractivity contribution in [3.63, 3.8) is 0 Å². The molecule has 1 N–H and O–H groups in total. The molecule has 1 fully saturated rings. The number of hydrogen-bond acceptors (Lipinski definition) is 5. The number of benzene rings is 2. The van der Waals surface area contributed by atoms with E-state index in [4.69, 9.17) is 14.2 Å². The van der Waals surface area contributed by atoms with Crippen LogP contribution in [0.25, 0.3) is 6.08 Å². The van der Waals surface area contributed by atoms with Crippen molar-refractivity contribution in [2.75, 3.05) is 43.6 Å². The molecule has 1 saturated heterocycles. The fourth-order valence-electron chi connectivity index (χ4n) is 3.55. The summed E-state index contributed by atoms with van der Waals surface area (Å²) in [6.45, 7) is 3.05. The lowest BCUT2D eigenvalue weighted by Crippen LogP contribution is -2.20. The van der Waals surface area contributed by atoms with Crippen LogP contribution in [0.15, 0.2) is 42.5 Å². The third-order valence-corrected chi connectivity index (χ3v) is 4.89. The number of anilines is 2. The number of rotatable bonds is 5. The van der Waals surface area contributed by atoms with Crippen LogP contribution in [-0.4, -0.2) is 39.3 Å². The summed E-state index contributed by atoms with van der Waals surface area (Å²) in [5.41, 5.74) is 2.71. The minimum Gasteiger partial charge on any atom is -0.493 e. The zero-order chi connectivity index (χ0) is 19.3. The molecule has 2 heterocycles. The molecule has 0 atom stereocenters. The van der Waals surface area contributed by atoms with E-state index in [0.29, 0.717) is 30.5 Å². The van der Waals surface area contributed by atoms with Gasteiger partial charge in [-0.25, -0.2) is 0 Å². The van der Waals surface area contributed by atoms with Gasteiger partial charge in [-0.05, 0) is 48.7 Å². The fourth-order valence-corrected chi connectivity index (χ4v) is 3.55. The third-order valence-electron chi connectivity index (χ3n) is 4.89. The molecule has 1 amide bonds. The van der Waals surface area contributed by atoms with Gasteiger partial charge in [0.15, 0.2) is 11.5 Å². The van der Waals surface area contributed by atoms with Gasteiger partial charge in [0.05, 0.1) is 18.5 Å². The van der Waals surface area contributed by atoms with Crippen LogP contribution in [0.2, 0.25) is 0 Å². The van der Waals surface area contributed by atoms with Crippen LogP contribution < -0.4 is 24.4 Å². The molecule has 2 aromatic carbocycles. The zero-order valence-electron chi connectivity index (χ0n) is 15.9. The number of hydrogen-bond donors (Lipinski definition) is 1. The summed E-state index contributed by atoms with van der Waals surface area (Å²) in [5.74, 6) is 1.65. The lowest BCUT2D eigenvalue weighted by atomic mass is 10.1. The molecule has 28 heavy (non-hydrogen) atoms. The number of fused-ring (bicyclic) bond motifs is 1. The molecule has 146 valence electrons. The van der Waals surface area contributed by atoms with Gasteiger partial charge < -0.3 is 24.4 Å². The van der Waals surface area contributed by atoms with Crippen molar-refractivity contribution in [1.82, 2.24) is 0 Å². The SMILES string of the molecule is COc1cc(C=CC(=O)Nc2ccccc2N2CCCC2)cc2c1OCCO2. The number of amides is 1. The summed E-state index contributed by atoms with van der Waals surface area (Å²) in [4.78, 5) is 14.8. The second-order valence-corrected chi connectivity index (χ2v) is 6.78. The van der Waals surface area contributed by atoms with E-state index in [1.165, 1.54) is 18.9 Å². The molecule has 6 nitrogen and oxygen atoms in total. The van der Waals surface area contributed by atoms with Gasteiger partial charge in [-0.3, -0.25) is 4.79 Å². The van der Waals surface area contributed by atoms with Crippen LogP contribution in [0.3, 0.4) is 0 Å². The lowest BCUT2D eigenvalue weighted by Gasteiger charge is -2.21. The number of carbonyl (C=O) groups excluding carboxylic acids is 1. The second-order valence-electron chi connectivity index (χ2n) is 6.78. The van der Waals surface area contributed by atoms with Crippen LogP contribution in [-0.2, 0) is 4.79 Å². The van der Waals surface area contributed by atoms with Crippen molar-refractivity contribution in [2.45, 2.75) is 12.8 Å². The summed E-state index contributed by atoms with van der Waals surface area (Å²) in [6, 6.07) is 11.6. The van der Waals surface area contributed by atoms with E-state index < -0.39 is 0 Å². The average Bonchev–Trinajstić information content (AvgIpc) is 3.26. The molecule has 0 aromatic heterocycles. The molecule has 0 aliphatic carbocycles. The first-order chi connectivity index (χ1) is 13.7. The van der Waals surface area contributed by atoms with E-state index in [2.05, 4.69) is 16.3 Å². The molecule has 0 unspecified atom stereocenters. The molecule has 0 saturated carbocycles. The van der Waals surface area contributed by atoms with Crippen LogP contribution >= 0.6 is 0 Å². The predicted octanol–water partition coefficient (Wildman–Crippen LogP) is 3.72. The van der Waals surface area contributed by atoms with Gasteiger partial charge in [-0.2, -0.15) is 0 Å². The van der Waals surface area contributed by atoms with Gasteiger partial charge in [0, 0.05) is 19.2 Å². The van der Waals surface area contributed by atoms with Crippen LogP contribution in [0, 0.1) is 0 Å². The van der Waals surface area contributed by atoms with E-state index in [-0.39, 0.29) is 5.91 Å². The summed E-state index contributed by atoms with van der Waals surface area (Å²) in [7, 11) is 1.59. The third kappa shape index (κ3) is 3.91. The highest BCUT2D eigenvalue weighted by Gasteiger charge is 2.18. The normalized spacial score (nSPS) is 15.7. The lowest BCUT2D eigenvalue weighted by molar-refractivity contribution is -0.111. The summed E-state index contributed by atoms with van der Waals surface area (Å²) >= 11 is 0. The van der Waals surface area contributed by atoms with E-state index in [1.807, 2.05) is 30.3 Å². The van der Waals surface area contributed by atoms with Crippen LogP contribution in [0.1, 0.15) is 18.4 Å². The highest BCUT2D eigenvalue weighted by molar-refractivity contribution is 6.03. The van der Waals surface area contributed by atoms with Crippen molar-refractivity contribution in [3.05, 3.63) is 48.0 Å². The number of carbonyl (C=O) groups is 1. The van der Waals surface area contributed by atoms with E-state index in [1.54, 1.807) is 13.2 Å². The molecule has 2 aliphatic rings. The minimum atomic E-state index is -0.180. The summed E-state index contributed by atoms with van der Waals surface area (Å²) in [6.07, 6.45) is 5.64. The van der Waals surface area contributed by atoms with Gasteiger partial charge in [-0.1, -0.05) is 12.1 Å². The zero-order valence-corrected chi connectivity index (χ0v) is 15.9. The standard InChI is InChI=1S/C22H24N2O4/c1-26-19-14-16(15-20-22(19)28-13-12-27-20)8-9-21(25)23-17-6-2-3-7-18(17)24-10-4-5-11-24/h2-3,6-9,14-15H,4-5,10-13H2,1H3,(H,23,25). The Hall–Kier alpha value is -3.15. The molecule has 0 radical (unpaired) electrons. The van der Waals surface area contributed by atoms with Crippen molar-refractivity contribution in [1.29, 1.82) is 0 Å². The summed E-state index contributed by atoms with van der Waals surface area (Å²) < 4.78 is 16.6. The Bertz CT molecular complexity index is 871. The first kappa shape index (κ1) is 18.2. The quantitative estimate of drug-likeness (QED) is 0.801. The Morgan fingerprint density at radius 2 is 1.93 bits per heavy atom. The molecule has 4 rings (SSSR count). The number of ether oxygens (including phenoxy) is 3. The Morgan fingerprint density at radius 1 is 1.14 bits per heavy atom. The van der Waals surface area contributed by atoms with Gasteiger partial charge in [0.25, 0.3) is 0 Å². The van der Waals surface area contributed by atoms with Gasteiger partial charge in [0.2, 0.25) is 11.7 Å². The molecule has 0 spiro atoms. The van der Waals surface area contributed by atoms with E-state index in [0.717, 1.165) is 30.0 Å². The second kappa shape index (κ2) is 8.25. The number of nitrogens with one attached hydrogen (secondary N) is 1. The Labute approximate surface area is 164 Å². The average molecular weight is 380 g/mol. The number of nitrogens with zero attached hydrogens (tertiary/aromatic N) is 1. The van der Waals surface area contributed by atoms with Crippen LogP contribution in [0.4, 0.5) is 11.4 Å². The van der Waals surface area contributed by atoms with Crippen LogP contribution in [0.5, 0.6) is 17.2 Å². The molecular formula is C22H24N2O4. The number of para-hydroxylation sites is 2. The molecule has 2 aliphatic heterocycles. The van der Waals surface area contributed by atoms with Gasteiger partial charge in [0.1, 0.15) is 13.2 Å². The van der Waals surface area contributed by atoms with Crippen molar-refractivity contribution in [2.24, 2.45) is 0 Å². The molecule has 6 heteroatoms. The maximum Gasteiger partial charge on any atom is 0.248 e. The largest absolute Gasteiger partial charge is 0.493 e. The first-order valence-electron chi connectivity index (χ1n) is 9.55. The molecule has 2 aromatic rings. The maximum atomic E-state index is 12.5. The molecule has 0 bridgehead atoms. The van der Waals surface area contributed by atoms with E-state index >= 15 is 0 Å². The van der Waals surface area contributed by atoms with Crippen molar-refractivity contribution >= 4 is 23.4 Å². The van der Waals surface area contributed by atoms with Crippen molar-refractivity contribution in [3.8, 4) is 17.2 Å². The molecular weight excluding hydrogens is 356 g/mol. The van der Waals surface area contributed by atoms with Gasteiger partial charge >= 0.3 is 0 Å². The predicted molar refractivity (Wildman–Crippen MR) is 110 cm³/mol. The summed E-state index contributed by atoms with van der Waals surface area (Å²) in [5, 5.41) is 2.99.